The first-order chi connectivity index (χ1) is 26.1. The van der Waals surface area contributed by atoms with Crippen LogP contribution in [0.2, 0.25) is 0 Å². The fourth-order valence-electron chi connectivity index (χ4n) is 7.92. The van der Waals surface area contributed by atoms with Crippen molar-refractivity contribution in [2.45, 2.75) is 20.4 Å². The molecule has 10 aromatic rings. The van der Waals surface area contributed by atoms with Crippen LogP contribution in [-0.2, 0) is 6.54 Å². The molecule has 0 radical (unpaired) electrons. The molecule has 3 heteroatoms. The van der Waals surface area contributed by atoms with Crippen molar-refractivity contribution in [2.24, 2.45) is 4.99 Å². The summed E-state index contributed by atoms with van der Waals surface area (Å²) in [4.78, 5) is 3.76. The van der Waals surface area contributed by atoms with E-state index < -0.39 is 0 Å². The summed E-state index contributed by atoms with van der Waals surface area (Å²) < 4.78 is 8.89. The minimum Gasteiger partial charge on any atom is -0.456 e. The van der Waals surface area contributed by atoms with Crippen molar-refractivity contribution in [1.82, 2.24) is 0 Å². The molecule has 0 saturated heterocycles. The summed E-state index contributed by atoms with van der Waals surface area (Å²) in [5, 5.41) is 7.89. The minimum atomic E-state index is 0.723. The third-order valence-electron chi connectivity index (χ3n) is 10.3. The monoisotopic (exact) mass is 699 g/mol. The number of rotatable bonds is 3. The van der Waals surface area contributed by atoms with Crippen LogP contribution in [0.5, 0.6) is 0 Å². The number of aliphatic imine (C=N–C) groups is 1. The van der Waals surface area contributed by atoms with Gasteiger partial charge in [0.2, 0.25) is 0 Å². The van der Waals surface area contributed by atoms with Gasteiger partial charge in [0.1, 0.15) is 11.2 Å². The second-order valence-electron chi connectivity index (χ2n) is 13.6. The lowest BCUT2D eigenvalue weighted by Crippen LogP contribution is -1.85. The van der Waals surface area contributed by atoms with Crippen molar-refractivity contribution in [1.29, 1.82) is 0 Å². The first-order valence-corrected chi connectivity index (χ1v) is 18.8. The van der Waals surface area contributed by atoms with Crippen LogP contribution < -0.4 is 0 Å². The number of furan rings is 1. The molecule has 2 heterocycles. The molecule has 0 N–H and O–H groups in total. The Balaban J connectivity index is 0.000000133. The Bertz CT molecular complexity index is 2960. The molecule has 1 aliphatic rings. The van der Waals surface area contributed by atoms with E-state index in [0.717, 1.165) is 17.7 Å². The molecule has 2 nitrogen and oxygen atoms in total. The van der Waals surface area contributed by atoms with E-state index in [9.17, 15) is 0 Å². The van der Waals surface area contributed by atoms with E-state index in [-0.39, 0.29) is 0 Å². The summed E-state index contributed by atoms with van der Waals surface area (Å²) in [5.74, 6) is 0. The highest BCUT2D eigenvalue weighted by molar-refractivity contribution is 7.25. The van der Waals surface area contributed by atoms with Crippen molar-refractivity contribution in [3.05, 3.63) is 180 Å². The van der Waals surface area contributed by atoms with Crippen molar-refractivity contribution in [3.63, 3.8) is 0 Å². The van der Waals surface area contributed by atoms with Crippen molar-refractivity contribution >= 4 is 70.9 Å². The summed E-state index contributed by atoms with van der Waals surface area (Å²) in [6.45, 7) is 8.47. The molecule has 0 saturated carbocycles. The second kappa shape index (κ2) is 13.7. The first kappa shape index (κ1) is 32.6. The van der Waals surface area contributed by atoms with Crippen LogP contribution >= 0.6 is 11.3 Å². The summed E-state index contributed by atoms with van der Waals surface area (Å²) in [6, 6.07) is 58.0. The Kier molecular flexibility index (Phi) is 8.42. The highest BCUT2D eigenvalue weighted by Crippen LogP contribution is 2.51. The van der Waals surface area contributed by atoms with Crippen LogP contribution in [0.3, 0.4) is 0 Å². The molecule has 1 aliphatic carbocycles. The van der Waals surface area contributed by atoms with Crippen LogP contribution in [0.25, 0.3) is 86.3 Å². The zero-order chi connectivity index (χ0) is 35.9. The van der Waals surface area contributed by atoms with Crippen molar-refractivity contribution < 1.29 is 4.42 Å². The molecular weight excluding hydrogens is 663 g/mol. The highest BCUT2D eigenvalue weighted by atomic mass is 32.1. The molecule has 53 heavy (non-hydrogen) atoms. The van der Waals surface area contributed by atoms with Crippen LogP contribution in [-0.4, -0.2) is 6.72 Å². The number of benzene rings is 8. The number of nitrogens with zero attached hydrogens (tertiary/aromatic N) is 1. The van der Waals surface area contributed by atoms with Gasteiger partial charge in [-0.2, -0.15) is 0 Å². The molecule has 254 valence electrons. The number of aryl methyl sites for hydroxylation is 2. The van der Waals surface area contributed by atoms with Gasteiger partial charge in [0.05, 0.1) is 6.54 Å². The molecular formula is C50H37NOS. The van der Waals surface area contributed by atoms with Gasteiger partial charge in [-0.3, -0.25) is 4.99 Å². The maximum atomic E-state index is 6.11. The van der Waals surface area contributed by atoms with Crippen LogP contribution in [0.15, 0.2) is 173 Å². The van der Waals surface area contributed by atoms with E-state index in [1.807, 2.05) is 41.7 Å². The molecule has 8 aromatic carbocycles. The first-order valence-electron chi connectivity index (χ1n) is 18.0. The standard InChI is InChI=1S/C29H18O.C13H10S.C8H9N/c1-17-6-2-13-26-27(17)24-16-19(14-15-25(24)30-26)20-9-5-11-22-21-10-3-7-18-8-4-12-23(28(18)21)29(20)22;1-9-5-4-8-12-13(9)10-6-2-3-7-11(10)14-12;1-9-7-8-5-3-2-4-6-8/h2-16H,1H3;2-8H,1H3;2-6H,1,7H2. The molecule has 0 unspecified atom stereocenters. The zero-order valence-electron chi connectivity index (χ0n) is 29.8. The smallest absolute Gasteiger partial charge is 0.135 e. The quantitative estimate of drug-likeness (QED) is 0.169. The van der Waals surface area contributed by atoms with Gasteiger partial charge in [-0.15, -0.1) is 11.3 Å². The lowest BCUT2D eigenvalue weighted by atomic mass is 9.92. The Labute approximate surface area is 313 Å². The van der Waals surface area contributed by atoms with Gasteiger partial charge in [-0.25, -0.2) is 0 Å². The van der Waals surface area contributed by atoms with Crippen molar-refractivity contribution in [3.8, 4) is 33.4 Å². The maximum absolute atomic E-state index is 6.11. The fraction of sp³-hybridized carbons (Fsp3) is 0.0600. The van der Waals surface area contributed by atoms with Gasteiger partial charge in [0, 0.05) is 30.9 Å². The Morgan fingerprint density at radius 1 is 0.509 bits per heavy atom. The number of hydrogen-bond donors (Lipinski definition) is 0. The van der Waals surface area contributed by atoms with E-state index in [0.29, 0.717) is 0 Å². The summed E-state index contributed by atoms with van der Waals surface area (Å²) in [7, 11) is 0. The third-order valence-corrected chi connectivity index (χ3v) is 11.4. The second-order valence-corrected chi connectivity index (χ2v) is 14.7. The predicted molar refractivity (Wildman–Crippen MR) is 230 cm³/mol. The van der Waals surface area contributed by atoms with E-state index in [1.165, 1.54) is 91.8 Å². The van der Waals surface area contributed by atoms with Gasteiger partial charge in [0.25, 0.3) is 0 Å². The van der Waals surface area contributed by atoms with Crippen LogP contribution in [0.1, 0.15) is 16.7 Å². The summed E-state index contributed by atoms with van der Waals surface area (Å²) in [5.41, 5.74) is 13.6. The summed E-state index contributed by atoms with van der Waals surface area (Å²) in [6.07, 6.45) is 0. The SMILES string of the molecule is C=NCc1ccccc1.Cc1cccc2oc3ccc(-c4cccc5c4-c4cccc6cccc-5c46)cc3c12.Cc1cccc2sc3ccccc3c12. The van der Waals surface area contributed by atoms with E-state index in [4.69, 9.17) is 4.42 Å². The van der Waals surface area contributed by atoms with Crippen molar-refractivity contribution in [2.75, 3.05) is 0 Å². The lowest BCUT2D eigenvalue weighted by molar-refractivity contribution is 0.669. The van der Waals surface area contributed by atoms with Gasteiger partial charge in [-0.05, 0) is 112 Å². The molecule has 0 atom stereocenters. The molecule has 0 fully saturated rings. The molecule has 11 rings (SSSR count). The van der Waals surface area contributed by atoms with E-state index in [1.54, 1.807) is 0 Å². The van der Waals surface area contributed by atoms with Crippen LogP contribution in [0, 0.1) is 13.8 Å². The van der Waals surface area contributed by atoms with E-state index in [2.05, 4.69) is 159 Å². The number of fused-ring (bicyclic) bond motifs is 9. The molecule has 0 amide bonds. The van der Waals surface area contributed by atoms with Gasteiger partial charge in [-0.1, -0.05) is 133 Å². The predicted octanol–water partition coefficient (Wildman–Crippen LogP) is 14.6. The number of thiophene rings is 1. The minimum absolute atomic E-state index is 0.723. The van der Waals surface area contributed by atoms with Gasteiger partial charge >= 0.3 is 0 Å². The lowest BCUT2D eigenvalue weighted by Gasteiger charge is -2.11. The molecule has 2 aromatic heterocycles. The Morgan fingerprint density at radius 3 is 2.00 bits per heavy atom. The highest BCUT2D eigenvalue weighted by Gasteiger charge is 2.24. The number of hydrogen-bond acceptors (Lipinski definition) is 3. The Hall–Kier alpha value is -6.29. The van der Waals surface area contributed by atoms with E-state index >= 15 is 0 Å². The largest absolute Gasteiger partial charge is 0.456 e. The van der Waals surface area contributed by atoms with Gasteiger partial charge in [0.15, 0.2) is 0 Å². The average molecular weight is 700 g/mol. The molecule has 0 spiro atoms. The fourth-order valence-corrected chi connectivity index (χ4v) is 9.10. The molecule has 0 bridgehead atoms. The van der Waals surface area contributed by atoms with Crippen LogP contribution in [0.4, 0.5) is 0 Å². The van der Waals surface area contributed by atoms with Gasteiger partial charge < -0.3 is 4.42 Å². The molecule has 0 aliphatic heterocycles. The maximum Gasteiger partial charge on any atom is 0.135 e. The average Bonchev–Trinajstić information content (AvgIpc) is 3.88. The topological polar surface area (TPSA) is 25.5 Å². The third kappa shape index (κ3) is 5.80. The normalized spacial score (nSPS) is 11.4. The Morgan fingerprint density at radius 2 is 1.17 bits per heavy atom. The summed E-state index contributed by atoms with van der Waals surface area (Å²) >= 11 is 1.88. The zero-order valence-corrected chi connectivity index (χ0v) is 30.6.